The number of carbonyl (C=O) groups is 1. The first-order valence-corrected chi connectivity index (χ1v) is 10.1. The molecule has 0 bridgehead atoms. The molecule has 1 N–H and O–H groups in total. The Morgan fingerprint density at radius 2 is 2.08 bits per heavy atom. The van der Waals surface area contributed by atoms with Crippen molar-refractivity contribution in [2.24, 2.45) is 0 Å². The van der Waals surface area contributed by atoms with Crippen molar-refractivity contribution in [3.05, 3.63) is 59.2 Å². The first-order chi connectivity index (χ1) is 12.7. The summed E-state index contributed by atoms with van der Waals surface area (Å²) < 4.78 is 3.06. The lowest BCUT2D eigenvalue weighted by Gasteiger charge is -2.04. The third kappa shape index (κ3) is 3.68. The van der Waals surface area contributed by atoms with E-state index in [-0.39, 0.29) is 5.91 Å². The van der Waals surface area contributed by atoms with Gasteiger partial charge in [-0.3, -0.25) is 9.48 Å². The topological polar surface area (TPSA) is 59.8 Å². The summed E-state index contributed by atoms with van der Waals surface area (Å²) >= 11 is 3.14. The number of amides is 1. The molecule has 0 radical (unpaired) electrons. The third-order valence-electron chi connectivity index (χ3n) is 3.95. The molecular formula is C19H18N4OS2. The molecule has 0 saturated heterocycles. The summed E-state index contributed by atoms with van der Waals surface area (Å²) in [4.78, 5) is 18.7. The number of para-hydroxylation sites is 1. The number of hydrogen-bond acceptors (Lipinski definition) is 5. The van der Waals surface area contributed by atoms with Crippen LogP contribution in [0.15, 0.2) is 48.8 Å². The second-order valence-electron chi connectivity index (χ2n) is 6.04. The van der Waals surface area contributed by atoms with Crippen LogP contribution in [0.3, 0.4) is 0 Å². The number of rotatable bonds is 6. The maximum absolute atomic E-state index is 12.3. The average Bonchev–Trinajstić information content (AvgIpc) is 3.37. The molecule has 0 unspecified atom stereocenters. The van der Waals surface area contributed by atoms with Crippen LogP contribution in [-0.4, -0.2) is 27.2 Å². The number of aromatic nitrogens is 3. The first-order valence-electron chi connectivity index (χ1n) is 8.42. The van der Waals surface area contributed by atoms with Gasteiger partial charge in [-0.1, -0.05) is 12.1 Å². The van der Waals surface area contributed by atoms with Crippen molar-refractivity contribution in [3.63, 3.8) is 0 Å². The summed E-state index contributed by atoms with van der Waals surface area (Å²) in [6.45, 7) is 3.45. The van der Waals surface area contributed by atoms with Crippen LogP contribution in [0, 0.1) is 6.92 Å². The highest BCUT2D eigenvalue weighted by Crippen LogP contribution is 2.34. The summed E-state index contributed by atoms with van der Waals surface area (Å²) in [5.41, 5.74) is 2.15. The molecule has 0 aliphatic heterocycles. The molecule has 3 heterocycles. The molecule has 3 aromatic heterocycles. The van der Waals surface area contributed by atoms with E-state index in [0.717, 1.165) is 38.6 Å². The Bertz CT molecular complexity index is 1010. The molecule has 4 aromatic rings. The molecule has 1 aromatic carbocycles. The van der Waals surface area contributed by atoms with Gasteiger partial charge in [-0.15, -0.1) is 22.7 Å². The quantitative estimate of drug-likeness (QED) is 0.504. The number of nitrogens with one attached hydrogen (secondary N) is 1. The summed E-state index contributed by atoms with van der Waals surface area (Å²) in [5.74, 6) is -0.0287. The first kappa shape index (κ1) is 16.9. The predicted octanol–water partition coefficient (Wildman–Crippen LogP) is 4.35. The summed E-state index contributed by atoms with van der Waals surface area (Å²) in [6, 6.07) is 11.9. The number of benzene rings is 1. The van der Waals surface area contributed by atoms with E-state index in [1.165, 1.54) is 11.3 Å². The smallest absolute Gasteiger partial charge is 0.261 e. The van der Waals surface area contributed by atoms with Crippen LogP contribution in [0.5, 0.6) is 0 Å². The molecule has 26 heavy (non-hydrogen) atoms. The van der Waals surface area contributed by atoms with Gasteiger partial charge in [0.2, 0.25) is 0 Å². The zero-order chi connectivity index (χ0) is 17.9. The standard InChI is InChI=1S/C19H18N4OS2/c1-13-11-21-23(12-13)10-4-9-20-18(24)16-7-8-17(25-16)19-22-14-5-2-3-6-15(14)26-19/h2-3,5-8,11-12H,4,9-10H2,1H3,(H,20,24). The van der Waals surface area contributed by atoms with Gasteiger partial charge in [0, 0.05) is 19.3 Å². The van der Waals surface area contributed by atoms with Gasteiger partial charge in [0.15, 0.2) is 0 Å². The van der Waals surface area contributed by atoms with Crippen LogP contribution in [-0.2, 0) is 6.54 Å². The lowest BCUT2D eigenvalue weighted by Crippen LogP contribution is -2.24. The largest absolute Gasteiger partial charge is 0.351 e. The Kier molecular flexibility index (Phi) is 4.81. The maximum Gasteiger partial charge on any atom is 0.261 e. The van der Waals surface area contributed by atoms with E-state index in [2.05, 4.69) is 21.5 Å². The van der Waals surface area contributed by atoms with E-state index in [4.69, 9.17) is 0 Å². The fourth-order valence-electron chi connectivity index (χ4n) is 2.67. The Hall–Kier alpha value is -2.51. The summed E-state index contributed by atoms with van der Waals surface area (Å²) in [7, 11) is 0. The van der Waals surface area contributed by atoms with Crippen molar-refractivity contribution in [2.75, 3.05) is 6.54 Å². The van der Waals surface area contributed by atoms with Crippen molar-refractivity contribution in [2.45, 2.75) is 19.9 Å². The molecule has 0 spiro atoms. The third-order valence-corrected chi connectivity index (χ3v) is 6.24. The van der Waals surface area contributed by atoms with Gasteiger partial charge in [-0.05, 0) is 43.2 Å². The number of carbonyl (C=O) groups excluding carboxylic acids is 1. The Labute approximate surface area is 159 Å². The fourth-order valence-corrected chi connectivity index (χ4v) is 4.61. The summed E-state index contributed by atoms with van der Waals surface area (Å²) in [5, 5.41) is 8.19. The molecule has 0 aliphatic carbocycles. The normalized spacial score (nSPS) is 11.1. The van der Waals surface area contributed by atoms with Crippen molar-refractivity contribution in [1.29, 1.82) is 0 Å². The molecule has 7 heteroatoms. The highest BCUT2D eigenvalue weighted by atomic mass is 32.1. The minimum absolute atomic E-state index is 0.0287. The Morgan fingerprint density at radius 3 is 2.88 bits per heavy atom. The van der Waals surface area contributed by atoms with E-state index in [9.17, 15) is 4.79 Å². The molecule has 0 atom stereocenters. The van der Waals surface area contributed by atoms with Gasteiger partial charge in [0.1, 0.15) is 5.01 Å². The molecule has 132 valence electrons. The van der Waals surface area contributed by atoms with Crippen molar-refractivity contribution in [3.8, 4) is 9.88 Å². The van der Waals surface area contributed by atoms with E-state index in [1.54, 1.807) is 11.3 Å². The van der Waals surface area contributed by atoms with Gasteiger partial charge >= 0.3 is 0 Å². The van der Waals surface area contributed by atoms with Gasteiger partial charge in [-0.2, -0.15) is 5.10 Å². The van der Waals surface area contributed by atoms with Gasteiger partial charge < -0.3 is 5.32 Å². The van der Waals surface area contributed by atoms with Crippen molar-refractivity contribution < 1.29 is 4.79 Å². The zero-order valence-electron chi connectivity index (χ0n) is 14.3. The van der Waals surface area contributed by atoms with E-state index in [0.29, 0.717) is 11.4 Å². The van der Waals surface area contributed by atoms with E-state index < -0.39 is 0 Å². The number of fused-ring (bicyclic) bond motifs is 1. The lowest BCUT2D eigenvalue weighted by molar-refractivity contribution is 0.0956. The second kappa shape index (κ2) is 7.39. The van der Waals surface area contributed by atoms with Crippen molar-refractivity contribution >= 4 is 38.8 Å². The molecule has 4 rings (SSSR count). The SMILES string of the molecule is Cc1cnn(CCCNC(=O)c2ccc(-c3nc4ccccc4s3)s2)c1. The minimum Gasteiger partial charge on any atom is -0.351 e. The monoisotopic (exact) mass is 382 g/mol. The van der Waals surface area contributed by atoms with Crippen LogP contribution >= 0.6 is 22.7 Å². The predicted molar refractivity (Wildman–Crippen MR) is 107 cm³/mol. The maximum atomic E-state index is 12.3. The minimum atomic E-state index is -0.0287. The van der Waals surface area contributed by atoms with Crippen LogP contribution in [0.4, 0.5) is 0 Å². The van der Waals surface area contributed by atoms with Crippen LogP contribution in [0.25, 0.3) is 20.1 Å². The number of thiophene rings is 1. The number of thiazole rings is 1. The van der Waals surface area contributed by atoms with E-state index >= 15 is 0 Å². The van der Waals surface area contributed by atoms with Gasteiger partial charge in [-0.25, -0.2) is 4.98 Å². The van der Waals surface area contributed by atoms with Crippen LogP contribution in [0.1, 0.15) is 21.7 Å². The van der Waals surface area contributed by atoms with Crippen LogP contribution < -0.4 is 5.32 Å². The summed E-state index contributed by atoms with van der Waals surface area (Å²) in [6.07, 6.45) is 4.70. The average molecular weight is 383 g/mol. The molecule has 5 nitrogen and oxygen atoms in total. The fraction of sp³-hybridized carbons (Fsp3) is 0.211. The molecular weight excluding hydrogens is 364 g/mol. The highest BCUT2D eigenvalue weighted by Gasteiger charge is 2.12. The van der Waals surface area contributed by atoms with Crippen LogP contribution in [0.2, 0.25) is 0 Å². The molecule has 0 saturated carbocycles. The lowest BCUT2D eigenvalue weighted by atomic mass is 10.3. The molecule has 0 fully saturated rings. The molecule has 0 aliphatic rings. The Morgan fingerprint density at radius 1 is 1.19 bits per heavy atom. The molecule has 1 amide bonds. The highest BCUT2D eigenvalue weighted by molar-refractivity contribution is 7.26. The second-order valence-corrected chi connectivity index (χ2v) is 8.16. The number of aryl methyl sites for hydroxylation is 2. The number of hydrogen-bond donors (Lipinski definition) is 1. The number of nitrogens with zero attached hydrogens (tertiary/aromatic N) is 3. The van der Waals surface area contributed by atoms with Gasteiger partial charge in [0.25, 0.3) is 5.91 Å². The zero-order valence-corrected chi connectivity index (χ0v) is 15.9. The van der Waals surface area contributed by atoms with E-state index in [1.807, 2.05) is 54.3 Å². The van der Waals surface area contributed by atoms with Crippen molar-refractivity contribution in [1.82, 2.24) is 20.1 Å². The Balaban J connectivity index is 1.35. The van der Waals surface area contributed by atoms with Gasteiger partial charge in [0.05, 0.1) is 26.2 Å².